The monoisotopic (exact) mass is 339 g/mol. The second-order valence-electron chi connectivity index (χ2n) is 6.60. The van der Waals surface area contributed by atoms with Gasteiger partial charge in [-0.2, -0.15) is 5.10 Å². The summed E-state index contributed by atoms with van der Waals surface area (Å²) in [5, 5.41) is 4.30. The number of nitrogens with zero attached hydrogens (tertiary/aromatic N) is 5. The third-order valence-electron chi connectivity index (χ3n) is 4.63. The summed E-state index contributed by atoms with van der Waals surface area (Å²) < 4.78 is 9.59. The van der Waals surface area contributed by atoms with Gasteiger partial charge in [-0.1, -0.05) is 0 Å². The van der Waals surface area contributed by atoms with Crippen LogP contribution in [0.3, 0.4) is 0 Å². The van der Waals surface area contributed by atoms with E-state index in [2.05, 4.69) is 14.6 Å². The fourth-order valence-corrected chi connectivity index (χ4v) is 3.50. The SMILES string of the molecule is Cc1cc(C(=O)N2Cc3nccn3C[C@@H](Cn3cccn3)C2)c(C)o1. The van der Waals surface area contributed by atoms with Crippen LogP contribution in [0.1, 0.15) is 27.7 Å². The van der Waals surface area contributed by atoms with Crippen LogP contribution in [0.15, 0.2) is 41.3 Å². The van der Waals surface area contributed by atoms with Gasteiger partial charge in [0.15, 0.2) is 0 Å². The predicted octanol–water partition coefficient (Wildman–Crippen LogP) is 2.26. The first-order valence-electron chi connectivity index (χ1n) is 8.44. The van der Waals surface area contributed by atoms with Crippen LogP contribution < -0.4 is 0 Å². The number of rotatable bonds is 3. The summed E-state index contributed by atoms with van der Waals surface area (Å²) in [6, 6.07) is 3.73. The van der Waals surface area contributed by atoms with E-state index in [0.717, 1.165) is 24.7 Å². The molecule has 4 heterocycles. The molecule has 25 heavy (non-hydrogen) atoms. The highest BCUT2D eigenvalue weighted by molar-refractivity contribution is 5.95. The lowest BCUT2D eigenvalue weighted by atomic mass is 10.1. The van der Waals surface area contributed by atoms with E-state index in [-0.39, 0.29) is 11.8 Å². The number of amides is 1. The molecule has 130 valence electrons. The molecule has 0 saturated carbocycles. The molecule has 3 aromatic heterocycles. The van der Waals surface area contributed by atoms with Crippen molar-refractivity contribution in [2.24, 2.45) is 5.92 Å². The highest BCUT2D eigenvalue weighted by Gasteiger charge is 2.28. The van der Waals surface area contributed by atoms with E-state index < -0.39 is 0 Å². The molecule has 0 radical (unpaired) electrons. The molecule has 0 bridgehead atoms. The van der Waals surface area contributed by atoms with Gasteiger partial charge in [0.25, 0.3) is 5.91 Å². The predicted molar refractivity (Wildman–Crippen MR) is 90.9 cm³/mol. The van der Waals surface area contributed by atoms with E-state index in [4.69, 9.17) is 4.42 Å². The summed E-state index contributed by atoms with van der Waals surface area (Å²) in [7, 11) is 0. The van der Waals surface area contributed by atoms with Crippen molar-refractivity contribution in [2.45, 2.75) is 33.5 Å². The molecule has 0 unspecified atom stereocenters. The van der Waals surface area contributed by atoms with E-state index in [1.54, 1.807) is 12.4 Å². The number of carbonyl (C=O) groups excluding carboxylic acids is 1. The molecule has 1 atom stereocenters. The zero-order chi connectivity index (χ0) is 17.4. The number of imidazole rings is 1. The van der Waals surface area contributed by atoms with Crippen molar-refractivity contribution in [3.8, 4) is 0 Å². The lowest BCUT2D eigenvalue weighted by Gasteiger charge is -2.24. The largest absolute Gasteiger partial charge is 0.466 e. The third kappa shape index (κ3) is 3.09. The van der Waals surface area contributed by atoms with Gasteiger partial charge in [0.2, 0.25) is 0 Å². The van der Waals surface area contributed by atoms with Crippen LogP contribution in [0.25, 0.3) is 0 Å². The normalized spacial score (nSPS) is 17.4. The lowest BCUT2D eigenvalue weighted by molar-refractivity contribution is 0.0711. The van der Waals surface area contributed by atoms with Crippen molar-refractivity contribution >= 4 is 5.91 Å². The molecule has 7 nitrogen and oxygen atoms in total. The first kappa shape index (κ1) is 15.7. The zero-order valence-corrected chi connectivity index (χ0v) is 14.4. The number of hydrogen-bond acceptors (Lipinski definition) is 4. The summed E-state index contributed by atoms with van der Waals surface area (Å²) >= 11 is 0. The Kier molecular flexibility index (Phi) is 3.91. The van der Waals surface area contributed by atoms with Crippen LogP contribution >= 0.6 is 0 Å². The molecular weight excluding hydrogens is 318 g/mol. The Bertz CT molecular complexity index is 877. The molecule has 0 aromatic carbocycles. The molecule has 1 aliphatic heterocycles. The molecular formula is C18H21N5O2. The van der Waals surface area contributed by atoms with E-state index in [0.29, 0.717) is 24.4 Å². The van der Waals surface area contributed by atoms with Crippen molar-refractivity contribution in [3.63, 3.8) is 0 Å². The quantitative estimate of drug-likeness (QED) is 0.734. The van der Waals surface area contributed by atoms with Crippen molar-refractivity contribution in [1.29, 1.82) is 0 Å². The lowest BCUT2D eigenvalue weighted by Crippen LogP contribution is -2.35. The molecule has 4 rings (SSSR count). The standard InChI is InChI=1S/C18H21N5O2/c1-13-8-16(14(2)25-13)18(24)22-10-15(11-23-6-3-4-20-23)9-21-7-5-19-17(21)12-22/h3-8,15H,9-12H2,1-2H3/t15-/m1/s1. The summed E-state index contributed by atoms with van der Waals surface area (Å²) in [6.07, 6.45) is 7.50. The molecule has 0 fully saturated rings. The molecule has 0 saturated heterocycles. The molecule has 0 spiro atoms. The van der Waals surface area contributed by atoms with Crippen LogP contribution in [0.5, 0.6) is 0 Å². The number of aromatic nitrogens is 4. The number of aryl methyl sites for hydroxylation is 2. The summed E-state index contributed by atoms with van der Waals surface area (Å²) in [5.74, 6) is 2.59. The van der Waals surface area contributed by atoms with Crippen LogP contribution in [0.2, 0.25) is 0 Å². The molecule has 7 heteroatoms. The summed E-state index contributed by atoms with van der Waals surface area (Å²) in [6.45, 7) is 6.44. The Hall–Kier alpha value is -2.83. The Morgan fingerprint density at radius 1 is 1.28 bits per heavy atom. The van der Waals surface area contributed by atoms with Crippen molar-refractivity contribution in [3.05, 3.63) is 59.8 Å². The molecule has 0 aliphatic carbocycles. The summed E-state index contributed by atoms with van der Waals surface area (Å²) in [5.41, 5.74) is 0.635. The molecule has 1 aliphatic rings. The van der Waals surface area contributed by atoms with Gasteiger partial charge in [-0.3, -0.25) is 9.48 Å². The first-order valence-corrected chi connectivity index (χ1v) is 8.44. The third-order valence-corrected chi connectivity index (χ3v) is 4.63. The Morgan fingerprint density at radius 2 is 2.16 bits per heavy atom. The topological polar surface area (TPSA) is 69.1 Å². The highest BCUT2D eigenvalue weighted by Crippen LogP contribution is 2.22. The van der Waals surface area contributed by atoms with E-state index >= 15 is 0 Å². The van der Waals surface area contributed by atoms with Crippen molar-refractivity contribution < 1.29 is 9.21 Å². The fourth-order valence-electron chi connectivity index (χ4n) is 3.50. The van der Waals surface area contributed by atoms with Gasteiger partial charge in [0.1, 0.15) is 17.3 Å². The summed E-state index contributed by atoms with van der Waals surface area (Å²) in [4.78, 5) is 19.4. The minimum absolute atomic E-state index is 0.00346. The molecule has 0 N–H and O–H groups in total. The van der Waals surface area contributed by atoms with E-state index in [1.165, 1.54) is 0 Å². The van der Waals surface area contributed by atoms with Crippen molar-refractivity contribution in [2.75, 3.05) is 6.54 Å². The van der Waals surface area contributed by atoms with Gasteiger partial charge >= 0.3 is 0 Å². The second kappa shape index (κ2) is 6.23. The molecule has 1 amide bonds. The number of fused-ring (bicyclic) bond motifs is 1. The maximum atomic E-state index is 13.1. The van der Waals surface area contributed by atoms with Crippen LogP contribution in [0.4, 0.5) is 0 Å². The van der Waals surface area contributed by atoms with Gasteiger partial charge in [0.05, 0.1) is 12.1 Å². The van der Waals surface area contributed by atoms with E-state index in [1.807, 2.05) is 48.0 Å². The van der Waals surface area contributed by atoms with Gasteiger partial charge in [-0.25, -0.2) is 4.98 Å². The number of carbonyl (C=O) groups is 1. The first-order chi connectivity index (χ1) is 12.1. The van der Waals surface area contributed by atoms with Crippen molar-refractivity contribution in [1.82, 2.24) is 24.2 Å². The maximum Gasteiger partial charge on any atom is 0.257 e. The van der Waals surface area contributed by atoms with Gasteiger partial charge < -0.3 is 13.9 Å². The van der Waals surface area contributed by atoms with Gasteiger partial charge in [-0.15, -0.1) is 0 Å². The van der Waals surface area contributed by atoms with Crippen LogP contribution in [0, 0.1) is 19.8 Å². The van der Waals surface area contributed by atoms with Crippen LogP contribution in [-0.4, -0.2) is 36.7 Å². The highest BCUT2D eigenvalue weighted by atomic mass is 16.3. The average molecular weight is 339 g/mol. The fraction of sp³-hybridized carbons (Fsp3) is 0.389. The van der Waals surface area contributed by atoms with Gasteiger partial charge in [-0.05, 0) is 26.0 Å². The average Bonchev–Trinajstić information content (AvgIpc) is 3.28. The zero-order valence-electron chi connectivity index (χ0n) is 14.4. The maximum absolute atomic E-state index is 13.1. The Labute approximate surface area is 145 Å². The smallest absolute Gasteiger partial charge is 0.257 e. The Morgan fingerprint density at radius 3 is 2.88 bits per heavy atom. The minimum atomic E-state index is -0.00346. The van der Waals surface area contributed by atoms with E-state index in [9.17, 15) is 4.79 Å². The molecule has 3 aromatic rings. The second-order valence-corrected chi connectivity index (χ2v) is 6.60. The van der Waals surface area contributed by atoms with Crippen LogP contribution in [-0.2, 0) is 19.6 Å². The number of furan rings is 1. The Balaban J connectivity index is 1.62. The number of hydrogen-bond donors (Lipinski definition) is 0. The van der Waals surface area contributed by atoms with Gasteiger partial charge in [0, 0.05) is 50.3 Å². The minimum Gasteiger partial charge on any atom is -0.466 e.